The lowest BCUT2D eigenvalue weighted by molar-refractivity contribution is -0.148. The molecule has 0 spiro atoms. The maximum atomic E-state index is 12.5. The van der Waals surface area contributed by atoms with Crippen molar-refractivity contribution in [3.05, 3.63) is 52.9 Å². The summed E-state index contributed by atoms with van der Waals surface area (Å²) in [4.78, 5) is 26.1. The lowest BCUT2D eigenvalue weighted by Gasteiger charge is -2.19. The van der Waals surface area contributed by atoms with Gasteiger partial charge in [0, 0.05) is 30.2 Å². The molecule has 0 bridgehead atoms. The Bertz CT molecular complexity index is 1170. The van der Waals surface area contributed by atoms with E-state index in [1.807, 2.05) is 67.0 Å². The van der Waals surface area contributed by atoms with E-state index in [1.54, 1.807) is 7.11 Å². The first-order valence-electron chi connectivity index (χ1n) is 10.5. The van der Waals surface area contributed by atoms with Crippen LogP contribution in [0.3, 0.4) is 0 Å². The van der Waals surface area contributed by atoms with Crippen molar-refractivity contribution in [3.63, 3.8) is 0 Å². The van der Waals surface area contributed by atoms with E-state index >= 15 is 0 Å². The van der Waals surface area contributed by atoms with Gasteiger partial charge >= 0.3 is 5.97 Å². The Morgan fingerprint density at radius 3 is 2.21 bits per heavy atom. The molecule has 2 aromatic rings. The highest BCUT2D eigenvalue weighted by Crippen LogP contribution is 2.24. The van der Waals surface area contributed by atoms with Crippen LogP contribution in [-0.2, 0) is 14.3 Å². The minimum absolute atomic E-state index is 0.0955. The first-order valence-corrected chi connectivity index (χ1v) is 10.5. The molecule has 0 atom stereocenters. The summed E-state index contributed by atoms with van der Waals surface area (Å²) >= 11 is 0. The molecule has 1 aromatic heterocycles. The fourth-order valence-electron chi connectivity index (χ4n) is 3.38. The van der Waals surface area contributed by atoms with Gasteiger partial charge in [0.05, 0.1) is 32.1 Å². The predicted octanol–water partition coefficient (Wildman–Crippen LogP) is 3.21. The number of rotatable bonds is 10. The fraction of sp³-hybridized carbons (Fsp3) is 0.320. The second kappa shape index (κ2) is 12.5. The van der Waals surface area contributed by atoms with Gasteiger partial charge in [-0.15, -0.1) is 0 Å². The minimum Gasteiger partial charge on any atom is -0.497 e. The topological polar surface area (TPSA) is 132 Å². The molecule has 0 N–H and O–H groups in total. The number of aromatic nitrogens is 1. The number of esters is 1. The number of ether oxygens (including phenoxy) is 2. The summed E-state index contributed by atoms with van der Waals surface area (Å²) in [5.41, 5.74) is 3.04. The van der Waals surface area contributed by atoms with Crippen LogP contribution in [0.4, 0.5) is 0 Å². The van der Waals surface area contributed by atoms with E-state index in [9.17, 15) is 14.9 Å². The van der Waals surface area contributed by atoms with Crippen molar-refractivity contribution in [1.82, 2.24) is 9.47 Å². The Balaban J connectivity index is 2.17. The van der Waals surface area contributed by atoms with E-state index < -0.39 is 18.5 Å². The van der Waals surface area contributed by atoms with Gasteiger partial charge in [-0.3, -0.25) is 4.79 Å². The molecule has 0 aliphatic carbocycles. The van der Waals surface area contributed by atoms with Crippen LogP contribution >= 0.6 is 0 Å². The van der Waals surface area contributed by atoms with Crippen molar-refractivity contribution < 1.29 is 19.1 Å². The number of amides is 1. The van der Waals surface area contributed by atoms with Gasteiger partial charge in [-0.1, -0.05) is 0 Å². The lowest BCUT2D eigenvalue weighted by Crippen LogP contribution is -2.36. The van der Waals surface area contributed by atoms with Crippen LogP contribution in [0.2, 0.25) is 0 Å². The summed E-state index contributed by atoms with van der Waals surface area (Å²) < 4.78 is 12.2. The lowest BCUT2D eigenvalue weighted by atomic mass is 10.1. The predicted molar refractivity (Wildman–Crippen MR) is 123 cm³/mol. The molecule has 0 radical (unpaired) electrons. The third kappa shape index (κ3) is 6.48. The summed E-state index contributed by atoms with van der Waals surface area (Å²) in [5.74, 6) is -0.728. The number of benzene rings is 1. The zero-order valence-corrected chi connectivity index (χ0v) is 19.4. The van der Waals surface area contributed by atoms with E-state index in [2.05, 4.69) is 0 Å². The highest BCUT2D eigenvalue weighted by Gasteiger charge is 2.19. The third-order valence-corrected chi connectivity index (χ3v) is 5.11. The normalized spacial score (nSPS) is 10.5. The summed E-state index contributed by atoms with van der Waals surface area (Å²) in [6.45, 7) is 3.46. The number of carbonyl (C=O) groups excluding carboxylic acids is 2. The molecule has 34 heavy (non-hydrogen) atoms. The Morgan fingerprint density at radius 1 is 1.06 bits per heavy atom. The number of nitrogens with zero attached hydrogens (tertiary/aromatic N) is 5. The maximum Gasteiger partial charge on any atom is 0.349 e. The van der Waals surface area contributed by atoms with Gasteiger partial charge in [0.25, 0.3) is 5.91 Å². The third-order valence-electron chi connectivity index (χ3n) is 5.11. The average Bonchev–Trinajstić information content (AvgIpc) is 3.13. The first-order chi connectivity index (χ1) is 16.4. The summed E-state index contributed by atoms with van der Waals surface area (Å²) in [6.07, 6.45) is 1.62. The van der Waals surface area contributed by atoms with Gasteiger partial charge < -0.3 is 18.9 Å². The number of aryl methyl sites for hydroxylation is 1. The molecular formula is C25H25N5O4. The van der Waals surface area contributed by atoms with E-state index in [-0.39, 0.29) is 31.5 Å². The van der Waals surface area contributed by atoms with Crippen molar-refractivity contribution in [2.75, 3.05) is 26.8 Å². The minimum atomic E-state index is -0.925. The molecule has 174 valence electrons. The van der Waals surface area contributed by atoms with Crippen molar-refractivity contribution >= 4 is 18.0 Å². The standard InChI is InChI=1S/C25H25N5O4/c1-18-14-20(19(2)30(18)22-6-8-23(33-3)9-7-22)15-21(16-28)25(32)34-17-24(31)29(12-4-10-26)13-5-11-27/h6-9,14-15H,4-5,12-13,17H2,1-3H3/b21-15+. The largest absolute Gasteiger partial charge is 0.497 e. The Hall–Kier alpha value is -4.55. The molecule has 2 rings (SSSR count). The second-order valence-corrected chi connectivity index (χ2v) is 7.30. The molecule has 1 amide bonds. The monoisotopic (exact) mass is 459 g/mol. The van der Waals surface area contributed by atoms with Gasteiger partial charge in [-0.05, 0) is 55.8 Å². The molecule has 0 saturated heterocycles. The van der Waals surface area contributed by atoms with Crippen LogP contribution in [-0.4, -0.2) is 48.1 Å². The van der Waals surface area contributed by atoms with Gasteiger partial charge in [-0.25, -0.2) is 4.79 Å². The van der Waals surface area contributed by atoms with Crippen LogP contribution in [0.5, 0.6) is 5.75 Å². The quantitative estimate of drug-likeness (QED) is 0.303. The van der Waals surface area contributed by atoms with E-state index in [0.29, 0.717) is 5.56 Å². The number of carbonyl (C=O) groups is 2. The number of hydrogen-bond donors (Lipinski definition) is 0. The van der Waals surface area contributed by atoms with Crippen molar-refractivity contribution in [2.24, 2.45) is 0 Å². The number of hydrogen-bond acceptors (Lipinski definition) is 7. The molecule has 1 aromatic carbocycles. The first kappa shape index (κ1) is 25.7. The van der Waals surface area contributed by atoms with E-state index in [0.717, 1.165) is 22.8 Å². The van der Waals surface area contributed by atoms with Crippen LogP contribution < -0.4 is 4.74 Å². The van der Waals surface area contributed by atoms with Gasteiger partial charge in [0.15, 0.2) is 6.61 Å². The molecule has 9 heteroatoms. The Kier molecular flexibility index (Phi) is 9.43. The molecule has 0 aliphatic rings. The van der Waals surface area contributed by atoms with Gasteiger partial charge in [0.1, 0.15) is 17.4 Å². The van der Waals surface area contributed by atoms with Crippen molar-refractivity contribution in [2.45, 2.75) is 26.7 Å². The fourth-order valence-corrected chi connectivity index (χ4v) is 3.38. The molecule has 0 unspecified atom stereocenters. The molecule has 0 saturated carbocycles. The van der Waals surface area contributed by atoms with Crippen LogP contribution in [0.15, 0.2) is 35.9 Å². The molecule has 9 nitrogen and oxygen atoms in total. The Labute approximate surface area is 198 Å². The molecule has 1 heterocycles. The Morgan fingerprint density at radius 2 is 1.68 bits per heavy atom. The molecule has 0 fully saturated rings. The SMILES string of the molecule is COc1ccc(-n2c(C)cc(/C=C(\C#N)C(=O)OCC(=O)N(CCC#N)CCC#N)c2C)cc1. The number of methoxy groups -OCH3 is 1. The smallest absolute Gasteiger partial charge is 0.349 e. The maximum absolute atomic E-state index is 12.5. The zero-order chi connectivity index (χ0) is 25.1. The highest BCUT2D eigenvalue weighted by molar-refractivity contribution is 5.99. The van der Waals surface area contributed by atoms with Gasteiger partial charge in [0.2, 0.25) is 0 Å². The van der Waals surface area contributed by atoms with Crippen LogP contribution in [0.1, 0.15) is 29.8 Å². The van der Waals surface area contributed by atoms with Crippen LogP contribution in [0.25, 0.3) is 11.8 Å². The van der Waals surface area contributed by atoms with Crippen molar-refractivity contribution in [3.8, 4) is 29.6 Å². The number of nitriles is 3. The van der Waals surface area contributed by atoms with E-state index in [4.69, 9.17) is 20.0 Å². The van der Waals surface area contributed by atoms with Crippen LogP contribution in [0, 0.1) is 47.8 Å². The molecular weight excluding hydrogens is 434 g/mol. The zero-order valence-electron chi connectivity index (χ0n) is 19.4. The summed E-state index contributed by atoms with van der Waals surface area (Å²) in [5, 5.41) is 27.0. The molecule has 0 aliphatic heterocycles. The summed E-state index contributed by atoms with van der Waals surface area (Å²) in [6, 6.07) is 15.0. The summed E-state index contributed by atoms with van der Waals surface area (Å²) in [7, 11) is 1.59. The highest BCUT2D eigenvalue weighted by atomic mass is 16.5. The average molecular weight is 460 g/mol. The van der Waals surface area contributed by atoms with Gasteiger partial charge in [-0.2, -0.15) is 15.8 Å². The van der Waals surface area contributed by atoms with E-state index in [1.165, 1.54) is 11.0 Å². The van der Waals surface area contributed by atoms with Crippen molar-refractivity contribution in [1.29, 1.82) is 15.8 Å². The second-order valence-electron chi connectivity index (χ2n) is 7.30.